The smallest absolute Gasteiger partial charge is 0.130 e. The summed E-state index contributed by atoms with van der Waals surface area (Å²) >= 11 is 0. The van der Waals surface area contributed by atoms with Crippen LogP contribution in [-0.4, -0.2) is 13.9 Å². The lowest BCUT2D eigenvalue weighted by Crippen LogP contribution is -2.64. The van der Waals surface area contributed by atoms with Crippen molar-refractivity contribution >= 4 is 24.2 Å². The van der Waals surface area contributed by atoms with Crippen LogP contribution in [-0.2, 0) is 4.79 Å². The molecule has 0 aromatic heterocycles. The minimum absolute atomic E-state index is 0.0743. The van der Waals surface area contributed by atoms with Gasteiger partial charge in [0.2, 0.25) is 0 Å². The maximum absolute atomic E-state index is 12.6. The van der Waals surface area contributed by atoms with Crippen LogP contribution in [0.4, 0.5) is 0 Å². The summed E-state index contributed by atoms with van der Waals surface area (Å²) in [4.78, 5) is 12.6. The molecule has 1 atom stereocenters. The highest BCUT2D eigenvalue weighted by molar-refractivity contribution is 7.04. The molecule has 182 valence electrons. The fourth-order valence-corrected chi connectivity index (χ4v) is 12.0. The third-order valence-electron chi connectivity index (χ3n) is 8.18. The van der Waals surface area contributed by atoms with Crippen molar-refractivity contribution in [3.05, 3.63) is 84.0 Å². The van der Waals surface area contributed by atoms with E-state index in [0.29, 0.717) is 6.42 Å². The van der Waals surface area contributed by atoms with Gasteiger partial charge in [-0.2, -0.15) is 0 Å². The molecule has 2 aromatic rings. The molecule has 0 saturated heterocycles. The summed E-state index contributed by atoms with van der Waals surface area (Å²) in [6.45, 7) is 20.8. The minimum atomic E-state index is -2.29. The van der Waals surface area contributed by atoms with Gasteiger partial charge in [0.1, 0.15) is 13.9 Å². The van der Waals surface area contributed by atoms with Crippen LogP contribution in [0.15, 0.2) is 84.0 Å². The number of benzene rings is 2. The summed E-state index contributed by atoms with van der Waals surface area (Å²) in [5, 5.41) is 2.97. The maximum Gasteiger partial charge on any atom is 0.130 e. The number of carbonyl (C=O) groups is 1. The predicted octanol–water partition coefficient (Wildman–Crippen LogP) is 7.73. The van der Waals surface area contributed by atoms with Crippen molar-refractivity contribution in [3.63, 3.8) is 0 Å². The third-order valence-corrected chi connectivity index (χ3v) is 14.4. The average Bonchev–Trinajstić information content (AvgIpc) is 2.76. The molecule has 0 N–H and O–H groups in total. The van der Waals surface area contributed by atoms with Gasteiger partial charge in [-0.05, 0) is 49.6 Å². The molecule has 1 aliphatic rings. The highest BCUT2D eigenvalue weighted by atomic mass is 28.3. The SMILES string of the molecule is C=C(C[Si](c1ccccc1)(c1ccccc1)C(C)(C)C)C(CC(C)=O)C1=C(C)CCCC1(C)C. The van der Waals surface area contributed by atoms with Crippen LogP contribution in [0.1, 0.15) is 74.1 Å². The van der Waals surface area contributed by atoms with Crippen molar-refractivity contribution in [1.82, 2.24) is 0 Å². The Bertz CT molecular complexity index is 998. The second-order valence-electron chi connectivity index (χ2n) is 12.1. The third kappa shape index (κ3) is 5.22. The molecular weight excluding hydrogens is 428 g/mol. The van der Waals surface area contributed by atoms with Gasteiger partial charge in [0.15, 0.2) is 0 Å². The van der Waals surface area contributed by atoms with E-state index >= 15 is 0 Å². The van der Waals surface area contributed by atoms with Crippen molar-refractivity contribution in [3.8, 4) is 0 Å². The monoisotopic (exact) mass is 472 g/mol. The molecule has 1 unspecified atom stereocenters. The van der Waals surface area contributed by atoms with Crippen LogP contribution in [0.5, 0.6) is 0 Å². The van der Waals surface area contributed by atoms with Crippen LogP contribution < -0.4 is 10.4 Å². The number of hydrogen-bond acceptors (Lipinski definition) is 1. The van der Waals surface area contributed by atoms with Gasteiger partial charge in [-0.1, -0.05) is 129 Å². The van der Waals surface area contributed by atoms with Crippen LogP contribution >= 0.6 is 0 Å². The van der Waals surface area contributed by atoms with Gasteiger partial charge in [0.05, 0.1) is 0 Å². The van der Waals surface area contributed by atoms with Crippen LogP contribution in [0, 0.1) is 11.3 Å². The molecule has 0 radical (unpaired) electrons. The number of carbonyl (C=O) groups excluding carboxylic acids is 1. The summed E-state index contributed by atoms with van der Waals surface area (Å²) in [6, 6.07) is 23.2. The van der Waals surface area contributed by atoms with E-state index < -0.39 is 8.07 Å². The zero-order valence-electron chi connectivity index (χ0n) is 22.5. The summed E-state index contributed by atoms with van der Waals surface area (Å²) in [7, 11) is -2.29. The molecule has 0 bridgehead atoms. The van der Waals surface area contributed by atoms with Gasteiger partial charge >= 0.3 is 0 Å². The van der Waals surface area contributed by atoms with E-state index in [2.05, 4.69) is 102 Å². The molecule has 3 rings (SSSR count). The van der Waals surface area contributed by atoms with Crippen LogP contribution in [0.3, 0.4) is 0 Å². The summed E-state index contributed by atoms with van der Waals surface area (Å²) in [5.41, 5.74) is 4.31. The molecule has 2 heteroatoms. The molecule has 1 nitrogen and oxygen atoms in total. The lowest BCUT2D eigenvalue weighted by molar-refractivity contribution is -0.117. The highest BCUT2D eigenvalue weighted by Gasteiger charge is 2.49. The summed E-state index contributed by atoms with van der Waals surface area (Å²) < 4.78 is 0. The van der Waals surface area contributed by atoms with Crippen LogP contribution in [0.2, 0.25) is 11.1 Å². The molecule has 0 heterocycles. The Morgan fingerprint density at radius 2 is 1.50 bits per heavy atom. The Labute approximate surface area is 209 Å². The largest absolute Gasteiger partial charge is 0.300 e. The summed E-state index contributed by atoms with van der Waals surface area (Å²) in [6.07, 6.45) is 4.11. The first-order chi connectivity index (χ1) is 15.9. The molecule has 1 aliphatic carbocycles. The number of rotatable bonds is 8. The van der Waals surface area contributed by atoms with Crippen molar-refractivity contribution < 1.29 is 4.79 Å². The van der Waals surface area contributed by atoms with Gasteiger partial charge in [0.25, 0.3) is 0 Å². The normalized spacial score (nSPS) is 17.4. The van der Waals surface area contributed by atoms with E-state index in [0.717, 1.165) is 12.5 Å². The number of allylic oxidation sites excluding steroid dienone is 3. The molecule has 0 aliphatic heterocycles. The Balaban J connectivity index is 2.20. The fraction of sp³-hybridized carbons (Fsp3) is 0.469. The van der Waals surface area contributed by atoms with Crippen LogP contribution in [0.25, 0.3) is 0 Å². The van der Waals surface area contributed by atoms with E-state index in [1.807, 2.05) is 0 Å². The highest BCUT2D eigenvalue weighted by Crippen LogP contribution is 2.49. The molecular formula is C32H44OSi. The first-order valence-corrected chi connectivity index (χ1v) is 15.1. The van der Waals surface area contributed by atoms with E-state index in [-0.39, 0.29) is 22.2 Å². The molecule has 0 fully saturated rings. The van der Waals surface area contributed by atoms with Crippen molar-refractivity contribution in [2.24, 2.45) is 11.3 Å². The van der Waals surface area contributed by atoms with E-state index in [1.54, 1.807) is 6.92 Å². The molecule has 0 spiro atoms. The van der Waals surface area contributed by atoms with Gasteiger partial charge in [-0.15, -0.1) is 0 Å². The fourth-order valence-electron chi connectivity index (χ4n) is 6.56. The minimum Gasteiger partial charge on any atom is -0.300 e. The van der Waals surface area contributed by atoms with E-state index in [4.69, 9.17) is 6.58 Å². The Morgan fingerprint density at radius 1 is 1.00 bits per heavy atom. The Morgan fingerprint density at radius 3 is 1.91 bits per heavy atom. The first-order valence-electron chi connectivity index (χ1n) is 12.9. The van der Waals surface area contributed by atoms with Gasteiger partial charge in [0, 0.05) is 12.3 Å². The van der Waals surface area contributed by atoms with Crippen molar-refractivity contribution in [2.75, 3.05) is 0 Å². The Hall–Kier alpha value is -2.19. The quantitative estimate of drug-likeness (QED) is 0.284. The standard InChI is InChI=1S/C32H44OSi/c1-24-16-15-21-32(7,8)30(24)29(22-26(3)33)25(2)23-34(31(4,5)6,27-17-11-9-12-18-27)28-19-13-10-14-20-28/h9-14,17-20,29H,2,15-16,21-23H2,1,3-8H3. The zero-order valence-corrected chi connectivity index (χ0v) is 23.5. The number of hydrogen-bond donors (Lipinski definition) is 0. The summed E-state index contributed by atoms with van der Waals surface area (Å²) in [5.74, 6) is 0.379. The lowest BCUT2D eigenvalue weighted by atomic mass is 9.66. The Kier molecular flexibility index (Phi) is 7.92. The second-order valence-corrected chi connectivity index (χ2v) is 16.9. The zero-order chi connectivity index (χ0) is 25.1. The van der Waals surface area contributed by atoms with E-state index in [9.17, 15) is 4.79 Å². The maximum atomic E-state index is 12.6. The first kappa shape index (κ1) is 26.4. The molecule has 0 amide bonds. The number of ketones is 1. The van der Waals surface area contributed by atoms with E-state index in [1.165, 1.54) is 39.9 Å². The average molecular weight is 473 g/mol. The topological polar surface area (TPSA) is 17.1 Å². The molecule has 2 aromatic carbocycles. The lowest BCUT2D eigenvalue weighted by Gasteiger charge is -2.47. The molecule has 0 saturated carbocycles. The second kappa shape index (κ2) is 10.2. The number of Topliss-reactive ketones (excluding diaryl/α,β-unsaturated/α-hetero) is 1. The van der Waals surface area contributed by atoms with Gasteiger partial charge in [-0.3, -0.25) is 4.79 Å². The molecule has 34 heavy (non-hydrogen) atoms. The van der Waals surface area contributed by atoms with Gasteiger partial charge < -0.3 is 0 Å². The van der Waals surface area contributed by atoms with Gasteiger partial charge in [-0.25, -0.2) is 0 Å². The predicted molar refractivity (Wildman–Crippen MR) is 151 cm³/mol. The van der Waals surface area contributed by atoms with Crippen molar-refractivity contribution in [1.29, 1.82) is 0 Å². The van der Waals surface area contributed by atoms with Crippen molar-refractivity contribution in [2.45, 2.75) is 85.2 Å².